The van der Waals surface area contributed by atoms with Crippen LogP contribution < -0.4 is 15.4 Å². The fourth-order valence-electron chi connectivity index (χ4n) is 3.26. The van der Waals surface area contributed by atoms with Gasteiger partial charge in [-0.05, 0) is 45.4 Å². The van der Waals surface area contributed by atoms with Gasteiger partial charge in [-0.25, -0.2) is 4.98 Å². The van der Waals surface area contributed by atoms with Crippen molar-refractivity contribution in [1.82, 2.24) is 25.1 Å². The van der Waals surface area contributed by atoms with E-state index in [4.69, 9.17) is 4.74 Å². The third-order valence-corrected chi connectivity index (χ3v) is 4.99. The molecule has 2 aromatic rings. The van der Waals surface area contributed by atoms with Gasteiger partial charge in [-0.1, -0.05) is 0 Å². The fourth-order valence-corrected chi connectivity index (χ4v) is 3.26. The summed E-state index contributed by atoms with van der Waals surface area (Å²) >= 11 is 0. The number of ether oxygens (including phenoxy) is 1. The Labute approximate surface area is 176 Å². The third kappa shape index (κ3) is 6.28. The number of nitrogens with zero attached hydrogens (tertiary/aromatic N) is 4. The van der Waals surface area contributed by atoms with Gasteiger partial charge in [0.2, 0.25) is 11.8 Å². The molecule has 1 fully saturated rings. The van der Waals surface area contributed by atoms with E-state index in [1.54, 1.807) is 17.1 Å². The first-order valence-electron chi connectivity index (χ1n) is 9.96. The van der Waals surface area contributed by atoms with E-state index in [0.717, 1.165) is 6.20 Å². The molecule has 2 aromatic heterocycles. The van der Waals surface area contributed by atoms with Gasteiger partial charge in [0, 0.05) is 18.3 Å². The van der Waals surface area contributed by atoms with E-state index in [2.05, 4.69) is 20.4 Å². The number of carbonyl (C=O) groups excluding carboxylic acids is 1. The molecule has 12 heteroatoms. The summed E-state index contributed by atoms with van der Waals surface area (Å²) in [7, 11) is 0. The summed E-state index contributed by atoms with van der Waals surface area (Å²) in [5.41, 5.74) is 0.644. The molecule has 0 aliphatic heterocycles. The molecule has 1 saturated carbocycles. The summed E-state index contributed by atoms with van der Waals surface area (Å²) in [6.45, 7) is 4.13. The maximum Gasteiger partial charge on any atom is 0.471 e. The number of carbonyl (C=O) groups is 1. The van der Waals surface area contributed by atoms with Crippen molar-refractivity contribution in [2.45, 2.75) is 57.8 Å². The Hall–Kier alpha value is -2.92. The zero-order valence-electron chi connectivity index (χ0n) is 17.1. The highest BCUT2D eigenvalue weighted by Gasteiger charge is 2.40. The number of amides is 1. The molecule has 0 unspecified atom stereocenters. The molecular weight excluding hydrogens is 420 g/mol. The van der Waals surface area contributed by atoms with Crippen LogP contribution in [0.2, 0.25) is 0 Å². The quantitative estimate of drug-likeness (QED) is 0.632. The summed E-state index contributed by atoms with van der Waals surface area (Å²) in [4.78, 5) is 19.0. The molecule has 8 nitrogen and oxygen atoms in total. The van der Waals surface area contributed by atoms with Crippen LogP contribution in [0, 0.1) is 11.7 Å². The molecule has 2 heterocycles. The summed E-state index contributed by atoms with van der Waals surface area (Å²) in [5.74, 6) is -2.67. The van der Waals surface area contributed by atoms with Crippen molar-refractivity contribution in [2.75, 3.05) is 11.9 Å². The minimum Gasteiger partial charge on any atom is -0.475 e. The zero-order chi connectivity index (χ0) is 22.6. The summed E-state index contributed by atoms with van der Waals surface area (Å²) in [6.07, 6.45) is 1.38. The Morgan fingerprint density at radius 2 is 1.97 bits per heavy atom. The molecule has 3 rings (SSSR count). The van der Waals surface area contributed by atoms with Crippen molar-refractivity contribution >= 4 is 17.5 Å². The summed E-state index contributed by atoms with van der Waals surface area (Å²) in [6, 6.07) is -0.343. The van der Waals surface area contributed by atoms with Crippen molar-refractivity contribution in [2.24, 2.45) is 5.92 Å². The Morgan fingerprint density at radius 3 is 2.58 bits per heavy atom. The first kappa shape index (κ1) is 22.8. The molecule has 0 saturated heterocycles. The fraction of sp³-hybridized carbons (Fsp3) is 0.579. The van der Waals surface area contributed by atoms with Crippen molar-refractivity contribution < 1.29 is 27.1 Å². The van der Waals surface area contributed by atoms with Crippen LogP contribution in [-0.2, 0) is 4.79 Å². The number of nitrogens with one attached hydrogen (secondary N) is 2. The highest BCUT2D eigenvalue weighted by molar-refractivity contribution is 5.81. The number of rotatable bonds is 7. The first-order chi connectivity index (χ1) is 14.6. The molecule has 0 spiro atoms. The van der Waals surface area contributed by atoms with Gasteiger partial charge in [-0.15, -0.1) is 0 Å². The molecule has 2 N–H and O–H groups in total. The second-order valence-corrected chi connectivity index (χ2v) is 7.77. The van der Waals surface area contributed by atoms with E-state index in [9.17, 15) is 22.4 Å². The monoisotopic (exact) mass is 444 g/mol. The van der Waals surface area contributed by atoms with Crippen molar-refractivity contribution in [3.8, 4) is 5.88 Å². The molecule has 0 bridgehead atoms. The molecular formula is C19H24F4N6O2. The van der Waals surface area contributed by atoms with Crippen LogP contribution in [0.25, 0.3) is 0 Å². The molecule has 0 atom stereocenters. The highest BCUT2D eigenvalue weighted by Crippen LogP contribution is 2.27. The van der Waals surface area contributed by atoms with E-state index in [0.29, 0.717) is 31.4 Å². The van der Waals surface area contributed by atoms with Gasteiger partial charge in [0.05, 0.1) is 24.7 Å². The van der Waals surface area contributed by atoms with E-state index < -0.39 is 23.9 Å². The van der Waals surface area contributed by atoms with Crippen molar-refractivity contribution in [1.29, 1.82) is 0 Å². The minimum atomic E-state index is -4.89. The Balaban J connectivity index is 1.50. The van der Waals surface area contributed by atoms with Gasteiger partial charge in [0.1, 0.15) is 0 Å². The SMILES string of the molecule is CC(C)n1cc(Nc2ncc(F)c(OCC3CCC(NC(=O)C(F)(F)F)CC3)n2)cn1. The van der Waals surface area contributed by atoms with Crippen molar-refractivity contribution in [3.63, 3.8) is 0 Å². The maximum atomic E-state index is 14.0. The summed E-state index contributed by atoms with van der Waals surface area (Å²) in [5, 5.41) is 9.13. The molecule has 170 valence electrons. The number of halogens is 4. The van der Waals surface area contributed by atoms with Crippen molar-refractivity contribution in [3.05, 3.63) is 24.4 Å². The number of anilines is 2. The van der Waals surface area contributed by atoms with Crippen LogP contribution in [0.3, 0.4) is 0 Å². The van der Waals surface area contributed by atoms with Crippen LogP contribution >= 0.6 is 0 Å². The largest absolute Gasteiger partial charge is 0.475 e. The predicted octanol–water partition coefficient (Wildman–Crippen LogP) is 3.75. The maximum absolute atomic E-state index is 14.0. The highest BCUT2D eigenvalue weighted by atomic mass is 19.4. The van der Waals surface area contributed by atoms with E-state index >= 15 is 0 Å². The molecule has 31 heavy (non-hydrogen) atoms. The van der Waals surface area contributed by atoms with Gasteiger partial charge in [0.15, 0.2) is 0 Å². The first-order valence-corrected chi connectivity index (χ1v) is 9.96. The number of hydrogen-bond donors (Lipinski definition) is 2. The Morgan fingerprint density at radius 1 is 1.26 bits per heavy atom. The van der Waals surface area contributed by atoms with Crippen LogP contribution in [0.1, 0.15) is 45.6 Å². The van der Waals surface area contributed by atoms with Gasteiger partial charge in [-0.2, -0.15) is 27.6 Å². The normalized spacial score (nSPS) is 19.3. The van der Waals surface area contributed by atoms with E-state index in [1.165, 1.54) is 0 Å². The van der Waals surface area contributed by atoms with Crippen LogP contribution in [-0.4, -0.2) is 44.5 Å². The molecule has 1 aliphatic rings. The lowest BCUT2D eigenvalue weighted by atomic mass is 9.86. The Kier molecular flexibility index (Phi) is 6.96. The molecule has 1 aliphatic carbocycles. The van der Waals surface area contributed by atoms with Crippen LogP contribution in [0.4, 0.5) is 29.2 Å². The van der Waals surface area contributed by atoms with Gasteiger partial charge < -0.3 is 15.4 Å². The minimum absolute atomic E-state index is 0.0223. The second-order valence-electron chi connectivity index (χ2n) is 7.77. The van der Waals surface area contributed by atoms with Gasteiger partial charge >= 0.3 is 12.1 Å². The van der Waals surface area contributed by atoms with Crippen LogP contribution in [0.15, 0.2) is 18.6 Å². The lowest BCUT2D eigenvalue weighted by molar-refractivity contribution is -0.174. The van der Waals surface area contributed by atoms with Crippen LogP contribution in [0.5, 0.6) is 5.88 Å². The average molecular weight is 444 g/mol. The van der Waals surface area contributed by atoms with E-state index in [1.807, 2.05) is 19.2 Å². The van der Waals surface area contributed by atoms with E-state index in [-0.39, 0.29) is 30.4 Å². The number of alkyl halides is 3. The molecule has 1 amide bonds. The van der Waals surface area contributed by atoms with Gasteiger partial charge in [-0.3, -0.25) is 9.48 Å². The number of hydrogen-bond acceptors (Lipinski definition) is 6. The lowest BCUT2D eigenvalue weighted by Gasteiger charge is -2.29. The smallest absolute Gasteiger partial charge is 0.471 e. The average Bonchev–Trinajstić information content (AvgIpc) is 3.17. The molecule has 0 radical (unpaired) electrons. The lowest BCUT2D eigenvalue weighted by Crippen LogP contribution is -2.44. The van der Waals surface area contributed by atoms with Gasteiger partial charge in [0.25, 0.3) is 5.88 Å². The Bertz CT molecular complexity index is 894. The number of aromatic nitrogens is 4. The standard InChI is InChI=1S/C19H24F4N6O2/c1-11(2)29-9-14(7-25-29)27-18-24-8-15(20)16(28-18)31-10-12-3-5-13(6-4-12)26-17(30)19(21,22)23/h7-9,11-13H,3-6,10H2,1-2H3,(H,26,30)(H,24,27,28). The summed E-state index contributed by atoms with van der Waals surface area (Å²) < 4.78 is 58.3. The topological polar surface area (TPSA) is 94.0 Å². The molecule has 0 aromatic carbocycles. The zero-order valence-corrected chi connectivity index (χ0v) is 17.1. The predicted molar refractivity (Wildman–Crippen MR) is 103 cm³/mol. The third-order valence-electron chi connectivity index (χ3n) is 4.99. The second kappa shape index (κ2) is 9.48.